The van der Waals surface area contributed by atoms with Crippen molar-refractivity contribution in [1.29, 1.82) is 0 Å². The SMILES string of the molecule is CC(CSC(=O)c1ccccc1)C(=O)N1CC(Sc2ccccc2)CC1C(=O)[O-].[Cs+]. The van der Waals surface area contributed by atoms with Gasteiger partial charge in [-0.2, -0.15) is 0 Å². The zero-order valence-corrected chi connectivity index (χ0v) is 24.9. The molecule has 0 aliphatic carbocycles. The Kier molecular flexibility index (Phi) is 11.1. The summed E-state index contributed by atoms with van der Waals surface area (Å²) in [5, 5.41) is 11.5. The minimum absolute atomic E-state index is 0. The van der Waals surface area contributed by atoms with Gasteiger partial charge in [-0.15, -0.1) is 11.8 Å². The van der Waals surface area contributed by atoms with E-state index in [2.05, 4.69) is 0 Å². The molecule has 8 heteroatoms. The van der Waals surface area contributed by atoms with Crippen molar-refractivity contribution < 1.29 is 88.4 Å². The predicted molar refractivity (Wildman–Crippen MR) is 114 cm³/mol. The average molecular weight is 561 g/mol. The number of carbonyl (C=O) groups excluding carboxylic acids is 3. The number of hydrogen-bond acceptors (Lipinski definition) is 6. The number of carbonyl (C=O) groups is 3. The van der Waals surface area contributed by atoms with Crippen LogP contribution in [0.5, 0.6) is 0 Å². The first-order chi connectivity index (χ1) is 14.0. The minimum Gasteiger partial charge on any atom is -0.548 e. The summed E-state index contributed by atoms with van der Waals surface area (Å²) in [6.45, 7) is 2.09. The van der Waals surface area contributed by atoms with E-state index in [0.717, 1.165) is 16.7 Å². The number of rotatable bonds is 7. The summed E-state index contributed by atoms with van der Waals surface area (Å²) < 4.78 is 0. The van der Waals surface area contributed by atoms with Gasteiger partial charge in [0.05, 0.1) is 12.0 Å². The monoisotopic (exact) mass is 561 g/mol. The van der Waals surface area contributed by atoms with Crippen LogP contribution in [0.4, 0.5) is 0 Å². The summed E-state index contributed by atoms with van der Waals surface area (Å²) in [7, 11) is 0. The van der Waals surface area contributed by atoms with Gasteiger partial charge in [0.2, 0.25) is 11.0 Å². The Hall–Kier alpha value is -0.198. The molecule has 3 rings (SSSR count). The predicted octanol–water partition coefficient (Wildman–Crippen LogP) is -0.288. The Balaban J connectivity index is 0.00000320. The maximum Gasteiger partial charge on any atom is 1.00 e. The van der Waals surface area contributed by atoms with Crippen LogP contribution in [0.2, 0.25) is 0 Å². The largest absolute Gasteiger partial charge is 1.00 e. The molecule has 3 unspecified atom stereocenters. The van der Waals surface area contributed by atoms with E-state index in [0.29, 0.717) is 24.3 Å². The van der Waals surface area contributed by atoms with Gasteiger partial charge in [-0.05, 0) is 18.6 Å². The first-order valence-electron chi connectivity index (χ1n) is 9.41. The molecule has 5 nitrogen and oxygen atoms in total. The summed E-state index contributed by atoms with van der Waals surface area (Å²) in [6.07, 6.45) is 0.358. The van der Waals surface area contributed by atoms with E-state index in [1.165, 1.54) is 4.90 Å². The number of hydrogen-bond donors (Lipinski definition) is 0. The number of amides is 1. The minimum atomic E-state index is -1.23. The van der Waals surface area contributed by atoms with Crippen molar-refractivity contribution in [3.05, 3.63) is 66.2 Å². The molecular weight excluding hydrogens is 539 g/mol. The van der Waals surface area contributed by atoms with Crippen LogP contribution in [0.15, 0.2) is 65.6 Å². The molecule has 0 radical (unpaired) electrons. The van der Waals surface area contributed by atoms with Crippen molar-refractivity contribution in [2.24, 2.45) is 5.92 Å². The zero-order chi connectivity index (χ0) is 20.8. The van der Waals surface area contributed by atoms with Crippen LogP contribution in [-0.2, 0) is 9.59 Å². The Morgan fingerprint density at radius 3 is 2.27 bits per heavy atom. The van der Waals surface area contributed by atoms with Gasteiger partial charge < -0.3 is 14.8 Å². The Bertz CT molecular complexity index is 866. The van der Waals surface area contributed by atoms with E-state index >= 15 is 0 Å². The summed E-state index contributed by atoms with van der Waals surface area (Å²) in [4.78, 5) is 39.2. The summed E-state index contributed by atoms with van der Waals surface area (Å²) in [5.41, 5.74) is 0.588. The second-order valence-electron chi connectivity index (χ2n) is 6.98. The van der Waals surface area contributed by atoms with E-state index in [1.807, 2.05) is 36.4 Å². The quantitative estimate of drug-likeness (QED) is 0.463. The molecule has 1 aliphatic heterocycles. The third-order valence-electron chi connectivity index (χ3n) is 4.76. The molecule has 30 heavy (non-hydrogen) atoms. The molecule has 2 aromatic rings. The van der Waals surface area contributed by atoms with Gasteiger partial charge in [-0.3, -0.25) is 9.59 Å². The van der Waals surface area contributed by atoms with E-state index in [-0.39, 0.29) is 85.2 Å². The fourth-order valence-electron chi connectivity index (χ4n) is 3.25. The van der Waals surface area contributed by atoms with Crippen molar-refractivity contribution >= 4 is 40.5 Å². The number of aliphatic carboxylic acids is 1. The maximum atomic E-state index is 12.9. The van der Waals surface area contributed by atoms with Crippen LogP contribution >= 0.6 is 23.5 Å². The van der Waals surface area contributed by atoms with Crippen LogP contribution in [0.1, 0.15) is 23.7 Å². The van der Waals surface area contributed by atoms with Gasteiger partial charge in [0, 0.05) is 33.9 Å². The summed E-state index contributed by atoms with van der Waals surface area (Å²) >= 11 is 2.66. The van der Waals surface area contributed by atoms with E-state index in [4.69, 9.17) is 0 Å². The van der Waals surface area contributed by atoms with Crippen molar-refractivity contribution in [3.63, 3.8) is 0 Å². The number of carboxylic acid groups (broad SMARTS) is 1. The molecule has 0 spiro atoms. The van der Waals surface area contributed by atoms with Crippen molar-refractivity contribution in [3.8, 4) is 0 Å². The summed E-state index contributed by atoms with van der Waals surface area (Å²) in [5.74, 6) is -1.63. The molecule has 1 fully saturated rings. The van der Waals surface area contributed by atoms with Gasteiger partial charge in [-0.25, -0.2) is 0 Å². The van der Waals surface area contributed by atoms with Crippen molar-refractivity contribution in [1.82, 2.24) is 4.90 Å². The standard InChI is InChI=1S/C22H23NO4S2.Cs/c1-15(14-28-22(27)16-8-4-2-5-9-16)20(24)23-13-18(12-19(23)21(25)26)29-17-10-6-3-7-11-17;/h2-11,15,18-19H,12-14H2,1H3,(H,25,26);/q;+1/p-1. The zero-order valence-electron chi connectivity index (χ0n) is 17.0. The van der Waals surface area contributed by atoms with Crippen LogP contribution in [0.3, 0.4) is 0 Å². The molecule has 0 saturated carbocycles. The van der Waals surface area contributed by atoms with E-state index < -0.39 is 17.9 Å². The Morgan fingerprint density at radius 2 is 1.67 bits per heavy atom. The Labute approximate surface area is 244 Å². The second-order valence-corrected chi connectivity index (χ2v) is 9.35. The average Bonchev–Trinajstić information content (AvgIpc) is 3.16. The van der Waals surface area contributed by atoms with Gasteiger partial charge in [-0.1, -0.05) is 67.2 Å². The molecule has 1 saturated heterocycles. The number of carboxylic acids is 1. The van der Waals surface area contributed by atoms with Crippen LogP contribution in [-0.4, -0.2) is 45.5 Å². The molecule has 1 heterocycles. The number of thioether (sulfide) groups is 2. The van der Waals surface area contributed by atoms with E-state index in [9.17, 15) is 19.5 Å². The molecule has 0 bridgehead atoms. The van der Waals surface area contributed by atoms with Crippen molar-refractivity contribution in [2.45, 2.75) is 29.5 Å². The molecular formula is C22H22CsNO4S2. The first kappa shape index (κ1) is 26.1. The van der Waals surface area contributed by atoms with Crippen LogP contribution in [0.25, 0.3) is 0 Å². The number of nitrogens with zero attached hydrogens (tertiary/aromatic N) is 1. The number of likely N-dealkylation sites (tertiary alicyclic amines) is 1. The van der Waals surface area contributed by atoms with Crippen LogP contribution in [0, 0.1) is 5.92 Å². The third kappa shape index (κ3) is 7.16. The fourth-order valence-corrected chi connectivity index (χ4v) is 5.31. The van der Waals surface area contributed by atoms with Gasteiger partial charge >= 0.3 is 68.9 Å². The van der Waals surface area contributed by atoms with Gasteiger partial charge in [0.15, 0.2) is 0 Å². The topological polar surface area (TPSA) is 77.5 Å². The number of benzene rings is 2. The van der Waals surface area contributed by atoms with E-state index in [1.54, 1.807) is 43.0 Å². The van der Waals surface area contributed by atoms with Crippen LogP contribution < -0.4 is 74.0 Å². The molecule has 0 aromatic heterocycles. The van der Waals surface area contributed by atoms with Gasteiger partial charge in [0.1, 0.15) is 0 Å². The second kappa shape index (κ2) is 12.7. The van der Waals surface area contributed by atoms with Crippen molar-refractivity contribution in [2.75, 3.05) is 12.3 Å². The molecule has 152 valence electrons. The normalized spacial score (nSPS) is 19.0. The fraction of sp³-hybridized carbons (Fsp3) is 0.318. The molecule has 1 amide bonds. The molecule has 3 atom stereocenters. The maximum absolute atomic E-state index is 12.9. The first-order valence-corrected chi connectivity index (χ1v) is 11.3. The smallest absolute Gasteiger partial charge is 0.548 e. The Morgan fingerprint density at radius 1 is 1.07 bits per heavy atom. The molecule has 2 aromatic carbocycles. The molecule has 1 aliphatic rings. The van der Waals surface area contributed by atoms with Gasteiger partial charge in [0.25, 0.3) is 0 Å². The third-order valence-corrected chi connectivity index (χ3v) is 7.14. The molecule has 0 N–H and O–H groups in total. The summed E-state index contributed by atoms with van der Waals surface area (Å²) in [6, 6.07) is 17.7.